The maximum absolute atomic E-state index is 12.3. The number of nitrogens with two attached hydrogens (primary N) is 1. The van der Waals surface area contributed by atoms with Crippen LogP contribution in [0.5, 0.6) is 0 Å². The summed E-state index contributed by atoms with van der Waals surface area (Å²) in [7, 11) is 0. The van der Waals surface area contributed by atoms with Crippen molar-refractivity contribution in [2.75, 3.05) is 36.1 Å². The van der Waals surface area contributed by atoms with Crippen molar-refractivity contribution in [1.82, 2.24) is 20.6 Å². The number of nitrogens with zero attached hydrogens (tertiary/aromatic N) is 2. The van der Waals surface area contributed by atoms with Crippen LogP contribution >= 0.6 is 0 Å². The Bertz CT molecular complexity index is 1090. The fraction of sp³-hybridized carbons (Fsp3) is 0.217. The van der Waals surface area contributed by atoms with E-state index < -0.39 is 0 Å². The summed E-state index contributed by atoms with van der Waals surface area (Å²) >= 11 is 0. The van der Waals surface area contributed by atoms with Gasteiger partial charge >= 0.3 is 6.03 Å². The maximum atomic E-state index is 12.3. The summed E-state index contributed by atoms with van der Waals surface area (Å²) in [5, 5.41) is 20.2. The Labute approximate surface area is 191 Å². The Balaban J connectivity index is 1.64. The number of amides is 3. The Kier molecular flexibility index (Phi) is 8.14. The number of anilines is 3. The van der Waals surface area contributed by atoms with Crippen LogP contribution in [-0.2, 0) is 6.54 Å². The third-order valence-electron chi connectivity index (χ3n) is 4.62. The number of hydrogen-bond acceptors (Lipinski definition) is 7. The first-order valence-corrected chi connectivity index (χ1v) is 10.5. The number of nitrogen functional groups attached to an aromatic ring is 1. The lowest BCUT2D eigenvalue weighted by molar-refractivity contribution is 0.0945. The number of aliphatic hydroxyl groups excluding tert-OH is 1. The molecule has 0 radical (unpaired) electrons. The van der Waals surface area contributed by atoms with Gasteiger partial charge in [0.1, 0.15) is 11.6 Å². The molecule has 0 aliphatic rings. The van der Waals surface area contributed by atoms with E-state index in [0.29, 0.717) is 41.7 Å². The van der Waals surface area contributed by atoms with E-state index in [-0.39, 0.29) is 25.1 Å². The second kappa shape index (κ2) is 11.4. The minimum Gasteiger partial charge on any atom is -0.395 e. The highest BCUT2D eigenvalue weighted by Gasteiger charge is 2.14. The van der Waals surface area contributed by atoms with Gasteiger partial charge in [-0.25, -0.2) is 14.8 Å². The average Bonchev–Trinajstić information content (AvgIpc) is 2.83. The minimum atomic E-state index is -0.342. The van der Waals surface area contributed by atoms with Crippen LogP contribution in [0.25, 0.3) is 11.3 Å². The molecule has 0 atom stereocenters. The van der Waals surface area contributed by atoms with Crippen LogP contribution in [0.2, 0.25) is 0 Å². The van der Waals surface area contributed by atoms with Gasteiger partial charge in [-0.2, -0.15) is 0 Å². The molecule has 1 aromatic carbocycles. The zero-order valence-electron chi connectivity index (χ0n) is 18.3. The molecule has 0 aliphatic heterocycles. The van der Waals surface area contributed by atoms with Gasteiger partial charge in [-0.3, -0.25) is 4.79 Å². The van der Waals surface area contributed by atoms with Crippen LogP contribution in [0.4, 0.5) is 22.1 Å². The molecule has 0 saturated carbocycles. The van der Waals surface area contributed by atoms with Crippen LogP contribution in [0.3, 0.4) is 0 Å². The van der Waals surface area contributed by atoms with Crippen LogP contribution in [0, 0.1) is 0 Å². The van der Waals surface area contributed by atoms with Gasteiger partial charge in [0.15, 0.2) is 0 Å². The number of carbonyl (C=O) groups is 2. The van der Waals surface area contributed by atoms with E-state index >= 15 is 0 Å². The Morgan fingerprint density at radius 1 is 1.03 bits per heavy atom. The second-order valence-electron chi connectivity index (χ2n) is 7.08. The summed E-state index contributed by atoms with van der Waals surface area (Å²) in [6, 6.07) is 13.8. The SMILES string of the molecule is CCNc1nc(-c2ccc(NC(=O)NCc3ccc(N)nc3)cc2)ccc1C(=O)NCCO. The number of aliphatic hydroxyl groups is 1. The van der Waals surface area contributed by atoms with E-state index in [0.717, 1.165) is 11.1 Å². The largest absolute Gasteiger partial charge is 0.395 e. The van der Waals surface area contributed by atoms with Gasteiger partial charge in [0.25, 0.3) is 5.91 Å². The molecular formula is C23H27N7O3. The zero-order chi connectivity index (χ0) is 23.6. The van der Waals surface area contributed by atoms with Gasteiger partial charge in [-0.05, 0) is 42.8 Å². The number of aromatic nitrogens is 2. The number of nitrogens with one attached hydrogen (secondary N) is 4. The molecule has 10 heteroatoms. The molecule has 172 valence electrons. The summed E-state index contributed by atoms with van der Waals surface area (Å²) in [4.78, 5) is 33.0. The lowest BCUT2D eigenvalue weighted by Gasteiger charge is -2.12. The highest BCUT2D eigenvalue weighted by Crippen LogP contribution is 2.23. The van der Waals surface area contributed by atoms with Gasteiger partial charge < -0.3 is 32.1 Å². The van der Waals surface area contributed by atoms with Gasteiger partial charge in [0.2, 0.25) is 0 Å². The van der Waals surface area contributed by atoms with Crippen LogP contribution in [-0.4, -0.2) is 46.7 Å². The topological polar surface area (TPSA) is 154 Å². The lowest BCUT2D eigenvalue weighted by atomic mass is 10.1. The van der Waals surface area contributed by atoms with Gasteiger partial charge in [-0.15, -0.1) is 0 Å². The molecule has 0 aliphatic carbocycles. The van der Waals surface area contributed by atoms with Crippen molar-refractivity contribution in [2.45, 2.75) is 13.5 Å². The van der Waals surface area contributed by atoms with Crippen molar-refractivity contribution in [3.8, 4) is 11.3 Å². The average molecular weight is 450 g/mol. The number of rotatable bonds is 9. The van der Waals surface area contributed by atoms with Crippen molar-refractivity contribution >= 4 is 29.3 Å². The highest BCUT2D eigenvalue weighted by molar-refractivity contribution is 5.99. The molecule has 2 aromatic heterocycles. The first-order chi connectivity index (χ1) is 16.0. The summed E-state index contributed by atoms with van der Waals surface area (Å²) in [6.07, 6.45) is 1.61. The summed E-state index contributed by atoms with van der Waals surface area (Å²) in [6.45, 7) is 2.88. The first kappa shape index (κ1) is 23.5. The van der Waals surface area contributed by atoms with Crippen molar-refractivity contribution in [3.63, 3.8) is 0 Å². The third kappa shape index (κ3) is 6.65. The molecule has 3 rings (SSSR count). The molecule has 0 bridgehead atoms. The van der Waals surface area contributed by atoms with Gasteiger partial charge in [0, 0.05) is 37.1 Å². The van der Waals surface area contributed by atoms with Crippen molar-refractivity contribution in [3.05, 3.63) is 65.9 Å². The quantitative estimate of drug-likeness (QED) is 0.293. The predicted molar refractivity (Wildman–Crippen MR) is 128 cm³/mol. The van der Waals surface area contributed by atoms with E-state index in [1.165, 1.54) is 0 Å². The molecule has 2 heterocycles. The van der Waals surface area contributed by atoms with Crippen molar-refractivity contribution in [2.24, 2.45) is 0 Å². The summed E-state index contributed by atoms with van der Waals surface area (Å²) in [5.74, 6) is 0.582. The molecule has 7 N–H and O–H groups in total. The third-order valence-corrected chi connectivity index (χ3v) is 4.62. The maximum Gasteiger partial charge on any atom is 0.319 e. The van der Waals surface area contributed by atoms with Crippen molar-refractivity contribution < 1.29 is 14.7 Å². The number of hydrogen-bond donors (Lipinski definition) is 6. The molecular weight excluding hydrogens is 422 g/mol. The van der Waals surface area contributed by atoms with E-state index in [2.05, 4.69) is 31.2 Å². The van der Waals surface area contributed by atoms with Gasteiger partial charge in [0.05, 0.1) is 17.9 Å². The highest BCUT2D eigenvalue weighted by atomic mass is 16.3. The van der Waals surface area contributed by atoms with Gasteiger partial charge in [-0.1, -0.05) is 18.2 Å². The molecule has 0 fully saturated rings. The second-order valence-corrected chi connectivity index (χ2v) is 7.08. The van der Waals surface area contributed by atoms with E-state index in [4.69, 9.17) is 10.8 Å². The number of urea groups is 1. The number of benzene rings is 1. The normalized spacial score (nSPS) is 10.4. The fourth-order valence-electron chi connectivity index (χ4n) is 2.99. The minimum absolute atomic E-state index is 0.134. The molecule has 33 heavy (non-hydrogen) atoms. The summed E-state index contributed by atoms with van der Waals surface area (Å²) in [5.41, 5.74) is 8.93. The lowest BCUT2D eigenvalue weighted by Crippen LogP contribution is -2.28. The molecule has 10 nitrogen and oxygen atoms in total. The first-order valence-electron chi connectivity index (χ1n) is 10.5. The van der Waals surface area contributed by atoms with E-state index in [9.17, 15) is 9.59 Å². The Morgan fingerprint density at radius 3 is 2.48 bits per heavy atom. The summed E-state index contributed by atoms with van der Waals surface area (Å²) < 4.78 is 0. The molecule has 3 aromatic rings. The Hall–Kier alpha value is -4.18. The molecule has 0 spiro atoms. The van der Waals surface area contributed by atoms with Crippen molar-refractivity contribution in [1.29, 1.82) is 0 Å². The van der Waals surface area contributed by atoms with Crippen LogP contribution in [0.1, 0.15) is 22.8 Å². The number of pyridine rings is 2. The molecule has 0 unspecified atom stereocenters. The van der Waals surface area contributed by atoms with E-state index in [1.807, 2.05) is 19.1 Å². The molecule has 3 amide bonds. The monoisotopic (exact) mass is 449 g/mol. The van der Waals surface area contributed by atoms with Crippen LogP contribution in [0.15, 0.2) is 54.7 Å². The van der Waals surface area contributed by atoms with E-state index in [1.54, 1.807) is 42.6 Å². The smallest absolute Gasteiger partial charge is 0.319 e. The van der Waals surface area contributed by atoms with Crippen LogP contribution < -0.4 is 27.0 Å². The standard InChI is InChI=1S/C23H27N7O3/c1-2-25-21-18(22(32)26-11-12-31)8-9-19(30-21)16-4-6-17(7-5-16)29-23(33)28-14-15-3-10-20(24)27-13-15/h3-10,13,31H,2,11-12,14H2,1H3,(H2,24,27)(H,25,30)(H,26,32)(H2,28,29,33). The predicted octanol–water partition coefficient (Wildman–Crippen LogP) is 2.20. The Morgan fingerprint density at radius 2 is 1.82 bits per heavy atom. The fourth-order valence-corrected chi connectivity index (χ4v) is 2.99. The number of carbonyl (C=O) groups excluding carboxylic acids is 2. The zero-order valence-corrected chi connectivity index (χ0v) is 18.3. The molecule has 0 saturated heterocycles.